The van der Waals surface area contributed by atoms with E-state index in [1.165, 1.54) is 5.56 Å². The zero-order chi connectivity index (χ0) is 11.0. The van der Waals surface area contributed by atoms with Gasteiger partial charge in [-0.05, 0) is 25.0 Å². The molecule has 3 nitrogen and oxygen atoms in total. The molecule has 1 aliphatic heterocycles. The second-order valence-corrected chi connectivity index (χ2v) is 4.00. The zero-order valence-corrected chi connectivity index (χ0v) is 9.37. The zero-order valence-electron chi connectivity index (χ0n) is 9.37. The number of aryl methyl sites for hydroxylation is 1. The van der Waals surface area contributed by atoms with Gasteiger partial charge in [0.1, 0.15) is 6.04 Å². The molecule has 1 aromatic carbocycles. The molecule has 15 heavy (non-hydrogen) atoms. The summed E-state index contributed by atoms with van der Waals surface area (Å²) in [5.74, 6) is 0.0955. The van der Waals surface area contributed by atoms with Crippen molar-refractivity contribution in [2.75, 3.05) is 17.3 Å². The highest BCUT2D eigenvalue weighted by Crippen LogP contribution is 2.34. The molecule has 0 aromatic heterocycles. The highest BCUT2D eigenvalue weighted by atomic mass is 16.2. The molecular weight excluding hydrogens is 188 g/mol. The molecule has 0 aliphatic carbocycles. The number of rotatable bonds is 1. The van der Waals surface area contributed by atoms with Crippen LogP contribution in [0.25, 0.3) is 0 Å². The summed E-state index contributed by atoms with van der Waals surface area (Å²) in [5, 5.41) is 2.95. The molecule has 1 amide bonds. The molecule has 1 N–H and O–H groups in total. The maximum absolute atomic E-state index is 11.8. The normalized spacial score (nSPS) is 19.8. The van der Waals surface area contributed by atoms with Crippen molar-refractivity contribution in [3.63, 3.8) is 0 Å². The van der Waals surface area contributed by atoms with E-state index in [0.29, 0.717) is 0 Å². The summed E-state index contributed by atoms with van der Waals surface area (Å²) < 4.78 is 0. The molecule has 0 radical (unpaired) electrons. The standard InChI is InChI=1S/C12H16N2O/c1-4-10-12(15)13-9-7-5-6-8(2)11(9)14(10)3/h5-7,10H,4H2,1-3H3,(H,13,15). The van der Waals surface area contributed by atoms with Crippen molar-refractivity contribution in [2.45, 2.75) is 26.3 Å². The van der Waals surface area contributed by atoms with Gasteiger partial charge in [-0.3, -0.25) is 4.79 Å². The number of benzene rings is 1. The first-order valence-corrected chi connectivity index (χ1v) is 5.28. The van der Waals surface area contributed by atoms with Gasteiger partial charge in [-0.15, -0.1) is 0 Å². The second kappa shape index (κ2) is 3.57. The SMILES string of the molecule is CCC1C(=O)Nc2cccc(C)c2N1C. The fourth-order valence-corrected chi connectivity index (χ4v) is 2.24. The number of nitrogens with one attached hydrogen (secondary N) is 1. The maximum atomic E-state index is 11.8. The predicted octanol–water partition coefficient (Wildman–Crippen LogP) is 2.16. The number of likely N-dealkylation sites (N-methyl/N-ethyl adjacent to an activating group) is 1. The number of hydrogen-bond acceptors (Lipinski definition) is 2. The molecule has 1 heterocycles. The Balaban J connectivity index is 2.51. The number of carbonyl (C=O) groups is 1. The van der Waals surface area contributed by atoms with E-state index < -0.39 is 0 Å². The van der Waals surface area contributed by atoms with Crippen LogP contribution in [-0.2, 0) is 4.79 Å². The van der Waals surface area contributed by atoms with Crippen molar-refractivity contribution in [2.24, 2.45) is 0 Å². The van der Waals surface area contributed by atoms with Crippen LogP contribution >= 0.6 is 0 Å². The Morgan fingerprint density at radius 1 is 1.47 bits per heavy atom. The summed E-state index contributed by atoms with van der Waals surface area (Å²) in [4.78, 5) is 13.8. The lowest BCUT2D eigenvalue weighted by Gasteiger charge is -2.35. The molecule has 0 fully saturated rings. The Hall–Kier alpha value is -1.51. The van der Waals surface area contributed by atoms with E-state index in [4.69, 9.17) is 0 Å². The lowest BCUT2D eigenvalue weighted by Crippen LogP contribution is -2.45. The summed E-state index contributed by atoms with van der Waals surface area (Å²) in [6.07, 6.45) is 0.829. The molecular formula is C12H16N2O. The quantitative estimate of drug-likeness (QED) is 0.760. The van der Waals surface area contributed by atoms with E-state index in [-0.39, 0.29) is 11.9 Å². The first-order chi connectivity index (χ1) is 7.15. The Bertz CT molecular complexity index is 401. The molecule has 0 saturated heterocycles. The molecule has 0 spiro atoms. The molecule has 1 atom stereocenters. The lowest BCUT2D eigenvalue weighted by molar-refractivity contribution is -0.117. The number of amides is 1. The van der Waals surface area contributed by atoms with Crippen LogP contribution < -0.4 is 10.2 Å². The van der Waals surface area contributed by atoms with Crippen molar-refractivity contribution in [3.8, 4) is 0 Å². The van der Waals surface area contributed by atoms with Crippen molar-refractivity contribution >= 4 is 17.3 Å². The van der Waals surface area contributed by atoms with Gasteiger partial charge in [-0.25, -0.2) is 0 Å². The maximum Gasteiger partial charge on any atom is 0.247 e. The monoisotopic (exact) mass is 204 g/mol. The third-order valence-corrected chi connectivity index (χ3v) is 3.01. The topological polar surface area (TPSA) is 32.3 Å². The largest absolute Gasteiger partial charge is 0.361 e. The minimum absolute atomic E-state index is 0.0430. The van der Waals surface area contributed by atoms with Crippen LogP contribution in [-0.4, -0.2) is 19.0 Å². The lowest BCUT2D eigenvalue weighted by atomic mass is 10.0. The summed E-state index contributed by atoms with van der Waals surface area (Å²) in [6, 6.07) is 5.94. The van der Waals surface area contributed by atoms with Gasteiger partial charge in [-0.1, -0.05) is 19.1 Å². The van der Waals surface area contributed by atoms with Gasteiger partial charge in [0.05, 0.1) is 11.4 Å². The van der Waals surface area contributed by atoms with Crippen LogP contribution in [0.2, 0.25) is 0 Å². The van der Waals surface area contributed by atoms with E-state index >= 15 is 0 Å². The highest BCUT2D eigenvalue weighted by molar-refractivity contribution is 6.03. The predicted molar refractivity (Wildman–Crippen MR) is 62.3 cm³/mol. The van der Waals surface area contributed by atoms with E-state index in [2.05, 4.69) is 23.2 Å². The van der Waals surface area contributed by atoms with Gasteiger partial charge in [-0.2, -0.15) is 0 Å². The summed E-state index contributed by atoms with van der Waals surface area (Å²) in [7, 11) is 1.98. The van der Waals surface area contributed by atoms with Crippen LogP contribution in [0.1, 0.15) is 18.9 Å². The van der Waals surface area contributed by atoms with Crippen molar-refractivity contribution in [1.82, 2.24) is 0 Å². The molecule has 3 heteroatoms. The third kappa shape index (κ3) is 1.48. The molecule has 1 unspecified atom stereocenters. The fourth-order valence-electron chi connectivity index (χ4n) is 2.24. The van der Waals surface area contributed by atoms with Gasteiger partial charge in [0.2, 0.25) is 5.91 Å². The fraction of sp³-hybridized carbons (Fsp3) is 0.417. The van der Waals surface area contributed by atoms with Crippen LogP contribution in [0.15, 0.2) is 18.2 Å². The molecule has 0 saturated carbocycles. The van der Waals surface area contributed by atoms with Crippen LogP contribution in [0, 0.1) is 6.92 Å². The average molecular weight is 204 g/mol. The van der Waals surface area contributed by atoms with E-state index in [1.54, 1.807) is 0 Å². The number of anilines is 2. The van der Waals surface area contributed by atoms with Gasteiger partial charge >= 0.3 is 0 Å². The van der Waals surface area contributed by atoms with Gasteiger partial charge in [0, 0.05) is 7.05 Å². The summed E-state index contributed by atoms with van der Waals surface area (Å²) in [5.41, 5.74) is 3.27. The Labute approximate surface area is 90.1 Å². The average Bonchev–Trinajstić information content (AvgIpc) is 2.17. The van der Waals surface area contributed by atoms with E-state index in [9.17, 15) is 4.79 Å². The molecule has 80 valence electrons. The highest BCUT2D eigenvalue weighted by Gasteiger charge is 2.29. The minimum Gasteiger partial charge on any atom is -0.361 e. The number of nitrogens with zero attached hydrogens (tertiary/aromatic N) is 1. The Morgan fingerprint density at radius 3 is 2.87 bits per heavy atom. The van der Waals surface area contributed by atoms with Crippen LogP contribution in [0.4, 0.5) is 11.4 Å². The Morgan fingerprint density at radius 2 is 2.20 bits per heavy atom. The van der Waals surface area contributed by atoms with Crippen molar-refractivity contribution in [1.29, 1.82) is 0 Å². The Kier molecular flexibility index (Phi) is 2.39. The van der Waals surface area contributed by atoms with E-state index in [0.717, 1.165) is 17.8 Å². The van der Waals surface area contributed by atoms with Crippen LogP contribution in [0.5, 0.6) is 0 Å². The third-order valence-electron chi connectivity index (χ3n) is 3.01. The number of para-hydroxylation sites is 1. The summed E-state index contributed by atoms with van der Waals surface area (Å²) in [6.45, 7) is 4.10. The number of fused-ring (bicyclic) bond motifs is 1. The molecule has 1 aromatic rings. The number of carbonyl (C=O) groups excluding carboxylic acids is 1. The number of hydrogen-bond donors (Lipinski definition) is 1. The smallest absolute Gasteiger partial charge is 0.247 e. The molecule has 1 aliphatic rings. The van der Waals surface area contributed by atoms with Gasteiger partial charge < -0.3 is 10.2 Å². The second-order valence-electron chi connectivity index (χ2n) is 4.00. The van der Waals surface area contributed by atoms with Crippen molar-refractivity contribution in [3.05, 3.63) is 23.8 Å². The minimum atomic E-state index is -0.0430. The first-order valence-electron chi connectivity index (χ1n) is 5.28. The van der Waals surface area contributed by atoms with E-state index in [1.807, 2.05) is 26.1 Å². The van der Waals surface area contributed by atoms with Gasteiger partial charge in [0.15, 0.2) is 0 Å². The van der Waals surface area contributed by atoms with Crippen molar-refractivity contribution < 1.29 is 4.79 Å². The van der Waals surface area contributed by atoms with Crippen LogP contribution in [0.3, 0.4) is 0 Å². The summed E-state index contributed by atoms with van der Waals surface area (Å²) >= 11 is 0. The molecule has 0 bridgehead atoms. The van der Waals surface area contributed by atoms with Gasteiger partial charge in [0.25, 0.3) is 0 Å². The molecule has 2 rings (SSSR count). The first kappa shape index (κ1) is 10.0.